The van der Waals surface area contributed by atoms with Gasteiger partial charge in [0.1, 0.15) is 11.4 Å². The number of hydrogen-bond acceptors (Lipinski definition) is 5. The number of carbonyl (C=O) groups excluding carboxylic acids is 1. The van der Waals surface area contributed by atoms with Crippen LogP contribution in [-0.2, 0) is 4.74 Å². The largest absolute Gasteiger partial charge is 0.495 e. The molecule has 0 aromatic carbocycles. The van der Waals surface area contributed by atoms with Crippen molar-refractivity contribution in [1.82, 2.24) is 15.2 Å². The first kappa shape index (κ1) is 15.6. The number of carbonyl (C=O) groups is 1. The Morgan fingerprint density at radius 3 is 2.76 bits per heavy atom. The molecule has 1 saturated heterocycles. The predicted molar refractivity (Wildman–Crippen MR) is 79.3 cm³/mol. The summed E-state index contributed by atoms with van der Waals surface area (Å²) in [6.45, 7) is 7.52. The fourth-order valence-electron chi connectivity index (χ4n) is 2.16. The van der Waals surface area contributed by atoms with Gasteiger partial charge in [0.25, 0.3) is 0 Å². The van der Waals surface area contributed by atoms with E-state index < -0.39 is 5.60 Å². The van der Waals surface area contributed by atoms with E-state index in [1.54, 1.807) is 18.2 Å². The van der Waals surface area contributed by atoms with Gasteiger partial charge in [-0.15, -0.1) is 0 Å². The maximum absolute atomic E-state index is 12.1. The zero-order valence-electron chi connectivity index (χ0n) is 13.0. The number of nitrogens with zero attached hydrogens (tertiary/aromatic N) is 2. The molecule has 2 heterocycles. The minimum absolute atomic E-state index is 0.0113. The maximum atomic E-state index is 12.1. The van der Waals surface area contributed by atoms with Crippen molar-refractivity contribution in [1.29, 1.82) is 0 Å². The molecule has 116 valence electrons. The fourth-order valence-corrected chi connectivity index (χ4v) is 2.16. The summed E-state index contributed by atoms with van der Waals surface area (Å²) in [6, 6.07) is 3.79. The summed E-state index contributed by atoms with van der Waals surface area (Å²) in [4.78, 5) is 18.2. The molecular weight excluding hydrogens is 270 g/mol. The molecule has 2 rings (SSSR count). The van der Waals surface area contributed by atoms with Crippen molar-refractivity contribution < 1.29 is 14.3 Å². The van der Waals surface area contributed by atoms with Crippen molar-refractivity contribution in [3.8, 4) is 5.75 Å². The van der Waals surface area contributed by atoms with Crippen molar-refractivity contribution in [2.24, 2.45) is 0 Å². The summed E-state index contributed by atoms with van der Waals surface area (Å²) >= 11 is 0. The summed E-state index contributed by atoms with van der Waals surface area (Å²) in [5.41, 5.74) is 0.416. The van der Waals surface area contributed by atoms with Crippen LogP contribution in [0.15, 0.2) is 18.3 Å². The Hall–Kier alpha value is -1.82. The van der Waals surface area contributed by atoms with E-state index >= 15 is 0 Å². The van der Waals surface area contributed by atoms with Crippen molar-refractivity contribution in [3.63, 3.8) is 0 Å². The van der Waals surface area contributed by atoms with Crippen LogP contribution in [0, 0.1) is 0 Å². The normalized spacial score (nSPS) is 19.2. The number of ether oxygens (including phenoxy) is 2. The molecule has 1 fully saturated rings. The molecule has 1 atom stereocenters. The van der Waals surface area contributed by atoms with E-state index in [0.29, 0.717) is 13.1 Å². The minimum atomic E-state index is -0.476. The number of methoxy groups -OCH3 is 1. The van der Waals surface area contributed by atoms with Crippen LogP contribution in [0.3, 0.4) is 0 Å². The smallest absolute Gasteiger partial charge is 0.410 e. The Morgan fingerprint density at radius 1 is 1.43 bits per heavy atom. The summed E-state index contributed by atoms with van der Waals surface area (Å²) in [6.07, 6.45) is 1.41. The molecule has 0 saturated carbocycles. The lowest BCUT2D eigenvalue weighted by Gasteiger charge is -2.34. The number of piperazine rings is 1. The van der Waals surface area contributed by atoms with E-state index in [1.165, 1.54) is 0 Å². The third-order valence-electron chi connectivity index (χ3n) is 3.18. The topological polar surface area (TPSA) is 63.7 Å². The highest BCUT2D eigenvalue weighted by atomic mass is 16.6. The highest BCUT2D eigenvalue weighted by Gasteiger charge is 2.28. The first-order valence-electron chi connectivity index (χ1n) is 7.10. The molecule has 1 aromatic heterocycles. The van der Waals surface area contributed by atoms with Gasteiger partial charge in [-0.05, 0) is 32.9 Å². The van der Waals surface area contributed by atoms with Crippen molar-refractivity contribution in [2.45, 2.75) is 32.4 Å². The van der Waals surface area contributed by atoms with Gasteiger partial charge in [-0.25, -0.2) is 4.79 Å². The molecule has 0 aliphatic carbocycles. The van der Waals surface area contributed by atoms with Gasteiger partial charge >= 0.3 is 6.09 Å². The SMILES string of the molecule is COc1ccc(C2CN(C(=O)OC(C)(C)C)CCN2)nc1. The van der Waals surface area contributed by atoms with Gasteiger partial charge in [-0.1, -0.05) is 0 Å². The fraction of sp³-hybridized carbons (Fsp3) is 0.600. The molecule has 6 nitrogen and oxygen atoms in total. The first-order valence-corrected chi connectivity index (χ1v) is 7.10. The standard InChI is InChI=1S/C15H23N3O3/c1-15(2,3)21-14(19)18-8-7-16-13(10-18)12-6-5-11(20-4)9-17-12/h5-6,9,13,16H,7-8,10H2,1-4H3. The number of hydrogen-bond donors (Lipinski definition) is 1. The Labute approximate surface area is 125 Å². The van der Waals surface area contributed by atoms with Gasteiger partial charge in [-0.2, -0.15) is 0 Å². The van der Waals surface area contributed by atoms with Gasteiger partial charge in [0.2, 0.25) is 0 Å². The third-order valence-corrected chi connectivity index (χ3v) is 3.18. The molecule has 0 spiro atoms. The summed E-state index contributed by atoms with van der Waals surface area (Å²) < 4.78 is 10.5. The van der Waals surface area contributed by atoms with Crippen LogP contribution >= 0.6 is 0 Å². The van der Waals surface area contributed by atoms with Gasteiger partial charge in [0.05, 0.1) is 25.0 Å². The monoisotopic (exact) mass is 293 g/mol. The van der Waals surface area contributed by atoms with E-state index in [4.69, 9.17) is 9.47 Å². The summed E-state index contributed by atoms with van der Waals surface area (Å²) in [5, 5.41) is 3.37. The lowest BCUT2D eigenvalue weighted by molar-refractivity contribution is 0.0193. The molecule has 1 aromatic rings. The molecule has 1 aliphatic rings. The van der Waals surface area contributed by atoms with E-state index in [-0.39, 0.29) is 12.1 Å². The highest BCUT2D eigenvalue weighted by Crippen LogP contribution is 2.19. The van der Waals surface area contributed by atoms with Crippen molar-refractivity contribution in [3.05, 3.63) is 24.0 Å². The Bertz CT molecular complexity index is 482. The average molecular weight is 293 g/mol. The minimum Gasteiger partial charge on any atom is -0.495 e. The third kappa shape index (κ3) is 4.32. The number of nitrogens with one attached hydrogen (secondary N) is 1. The van der Waals surface area contributed by atoms with E-state index in [0.717, 1.165) is 18.0 Å². The molecule has 1 amide bonds. The molecule has 0 radical (unpaired) electrons. The number of amides is 1. The number of rotatable bonds is 2. The summed E-state index contributed by atoms with van der Waals surface area (Å²) in [5.74, 6) is 0.721. The first-order chi connectivity index (χ1) is 9.89. The maximum Gasteiger partial charge on any atom is 0.410 e. The van der Waals surface area contributed by atoms with Gasteiger partial charge < -0.3 is 19.7 Å². The van der Waals surface area contributed by atoms with Crippen LogP contribution in [-0.4, -0.2) is 48.3 Å². The Balaban J connectivity index is 2.01. The molecule has 6 heteroatoms. The zero-order chi connectivity index (χ0) is 15.5. The Kier molecular flexibility index (Phi) is 4.67. The van der Waals surface area contributed by atoms with Crippen LogP contribution in [0.4, 0.5) is 4.79 Å². The van der Waals surface area contributed by atoms with Crippen LogP contribution in [0.25, 0.3) is 0 Å². The molecule has 0 bridgehead atoms. The van der Waals surface area contributed by atoms with Crippen molar-refractivity contribution >= 4 is 6.09 Å². The van der Waals surface area contributed by atoms with E-state index in [1.807, 2.05) is 32.9 Å². The van der Waals surface area contributed by atoms with E-state index in [2.05, 4.69) is 10.3 Å². The zero-order valence-corrected chi connectivity index (χ0v) is 13.0. The number of aromatic nitrogens is 1. The molecular formula is C15H23N3O3. The van der Waals surface area contributed by atoms with Crippen LogP contribution < -0.4 is 10.1 Å². The Morgan fingerprint density at radius 2 is 2.19 bits per heavy atom. The molecule has 1 aliphatic heterocycles. The lowest BCUT2D eigenvalue weighted by atomic mass is 10.1. The second-order valence-corrected chi connectivity index (χ2v) is 6.06. The van der Waals surface area contributed by atoms with Crippen LogP contribution in [0.5, 0.6) is 5.75 Å². The molecule has 21 heavy (non-hydrogen) atoms. The molecule has 1 unspecified atom stereocenters. The molecule has 1 N–H and O–H groups in total. The van der Waals surface area contributed by atoms with Crippen molar-refractivity contribution in [2.75, 3.05) is 26.7 Å². The van der Waals surface area contributed by atoms with E-state index in [9.17, 15) is 4.79 Å². The lowest BCUT2D eigenvalue weighted by Crippen LogP contribution is -2.49. The quantitative estimate of drug-likeness (QED) is 0.903. The van der Waals surface area contributed by atoms with Gasteiger partial charge in [0.15, 0.2) is 0 Å². The second-order valence-electron chi connectivity index (χ2n) is 6.06. The van der Waals surface area contributed by atoms with Gasteiger partial charge in [0, 0.05) is 19.6 Å². The average Bonchev–Trinajstić information content (AvgIpc) is 2.46. The van der Waals surface area contributed by atoms with Gasteiger partial charge in [-0.3, -0.25) is 4.98 Å². The van der Waals surface area contributed by atoms with Crippen LogP contribution in [0.1, 0.15) is 32.5 Å². The number of pyridine rings is 1. The second kappa shape index (κ2) is 6.30. The highest BCUT2D eigenvalue weighted by molar-refractivity contribution is 5.68. The predicted octanol–water partition coefficient (Wildman–Crippen LogP) is 1.97. The summed E-state index contributed by atoms with van der Waals surface area (Å²) in [7, 11) is 1.61. The van der Waals surface area contributed by atoms with Crippen LogP contribution in [0.2, 0.25) is 0 Å².